The Bertz CT molecular complexity index is 1640. The molecule has 2 aromatic carbocycles. The Morgan fingerprint density at radius 3 is 2.56 bits per heavy atom. The van der Waals surface area contributed by atoms with E-state index < -0.39 is 21.7 Å². The van der Waals surface area contributed by atoms with Crippen LogP contribution in [0.15, 0.2) is 52.1 Å². The number of fused-ring (bicyclic) bond motifs is 1. The molecule has 0 aliphatic rings. The largest absolute Gasteiger partial charge is 0.495 e. The van der Waals surface area contributed by atoms with Crippen molar-refractivity contribution >= 4 is 32.9 Å². The highest BCUT2D eigenvalue weighted by atomic mass is 32.2. The molecule has 13 heteroatoms. The third kappa shape index (κ3) is 7.28. The molecule has 0 aliphatic heterocycles. The van der Waals surface area contributed by atoms with Gasteiger partial charge in [0.25, 0.3) is 10.0 Å². The zero-order valence-corrected chi connectivity index (χ0v) is 24.8. The second-order valence-corrected chi connectivity index (χ2v) is 11.9. The summed E-state index contributed by atoms with van der Waals surface area (Å²) in [5.41, 5.74) is 2.16. The van der Waals surface area contributed by atoms with Gasteiger partial charge in [0.05, 0.1) is 31.8 Å². The molecule has 220 valence electrons. The number of carbonyl (C=O) groups excluding carboxylic acids is 1. The molecule has 0 fully saturated rings. The Labute approximate surface area is 239 Å². The SMILES string of the molecule is CCOc1cc2c(NS(=O)(=O)c3cc(CC)ccc3OC)noc2cc1Cn1cc(CNC(=O)OC(C)(C)C)cn1. The average Bonchev–Trinajstić information content (AvgIpc) is 3.52. The van der Waals surface area contributed by atoms with Crippen molar-refractivity contribution in [2.75, 3.05) is 18.4 Å². The Balaban J connectivity index is 1.56. The normalized spacial score (nSPS) is 11.9. The van der Waals surface area contributed by atoms with Crippen molar-refractivity contribution in [3.05, 3.63) is 59.4 Å². The van der Waals surface area contributed by atoms with E-state index in [9.17, 15) is 13.2 Å². The molecule has 0 bridgehead atoms. The summed E-state index contributed by atoms with van der Waals surface area (Å²) in [4.78, 5) is 12.0. The Morgan fingerprint density at radius 2 is 1.88 bits per heavy atom. The summed E-state index contributed by atoms with van der Waals surface area (Å²) in [6.07, 6.45) is 3.61. The first-order chi connectivity index (χ1) is 19.4. The molecule has 2 heterocycles. The number of aromatic nitrogens is 3. The van der Waals surface area contributed by atoms with Gasteiger partial charge in [0.15, 0.2) is 11.4 Å². The first-order valence-electron chi connectivity index (χ1n) is 13.2. The van der Waals surface area contributed by atoms with Crippen molar-refractivity contribution in [1.29, 1.82) is 0 Å². The summed E-state index contributed by atoms with van der Waals surface area (Å²) >= 11 is 0. The van der Waals surface area contributed by atoms with Crippen molar-refractivity contribution in [1.82, 2.24) is 20.3 Å². The first-order valence-corrected chi connectivity index (χ1v) is 14.6. The topological polar surface area (TPSA) is 147 Å². The van der Waals surface area contributed by atoms with Crippen LogP contribution in [0.3, 0.4) is 0 Å². The van der Waals surface area contributed by atoms with Crippen LogP contribution >= 0.6 is 0 Å². The van der Waals surface area contributed by atoms with Gasteiger partial charge in [-0.2, -0.15) is 5.10 Å². The number of anilines is 1. The van der Waals surface area contributed by atoms with Crippen LogP contribution in [0, 0.1) is 0 Å². The molecule has 0 saturated carbocycles. The van der Waals surface area contributed by atoms with Gasteiger partial charge in [0, 0.05) is 23.9 Å². The molecule has 12 nitrogen and oxygen atoms in total. The van der Waals surface area contributed by atoms with Crippen LogP contribution < -0.4 is 19.5 Å². The number of aryl methyl sites for hydroxylation is 1. The number of hydrogen-bond acceptors (Lipinski definition) is 9. The summed E-state index contributed by atoms with van der Waals surface area (Å²) in [6, 6.07) is 8.45. The van der Waals surface area contributed by atoms with E-state index in [0.29, 0.717) is 36.3 Å². The standard InChI is InChI=1S/C28H35N5O7S/c1-7-18-9-10-22(37-6)25(11-18)41(35,36)32-26-21-13-23(38-8-2)20(12-24(21)40-31-26)17-33-16-19(15-30-33)14-29-27(34)39-28(3,4)5/h9-13,15-16H,7-8,14,17H2,1-6H3,(H,29,34)(H,31,32). The van der Waals surface area contributed by atoms with Gasteiger partial charge < -0.3 is 24.1 Å². The lowest BCUT2D eigenvalue weighted by molar-refractivity contribution is 0.0523. The lowest BCUT2D eigenvalue weighted by Crippen LogP contribution is -2.32. The molecular weight excluding hydrogens is 550 g/mol. The van der Waals surface area contributed by atoms with Crippen LogP contribution in [0.1, 0.15) is 51.3 Å². The van der Waals surface area contributed by atoms with Gasteiger partial charge in [-0.1, -0.05) is 18.1 Å². The molecule has 41 heavy (non-hydrogen) atoms. The molecule has 0 unspecified atom stereocenters. The number of rotatable bonds is 11. The first kappa shape index (κ1) is 29.7. The van der Waals surface area contributed by atoms with Gasteiger partial charge in [-0.05, 0) is 63.9 Å². The number of carbonyl (C=O) groups is 1. The van der Waals surface area contributed by atoms with Gasteiger partial charge in [0.1, 0.15) is 22.0 Å². The molecule has 0 spiro atoms. The number of sulfonamides is 1. The molecule has 0 aliphatic carbocycles. The fourth-order valence-corrected chi connectivity index (χ4v) is 5.31. The van der Waals surface area contributed by atoms with E-state index in [-0.39, 0.29) is 23.0 Å². The van der Waals surface area contributed by atoms with Gasteiger partial charge in [-0.3, -0.25) is 9.40 Å². The zero-order valence-electron chi connectivity index (χ0n) is 24.0. The summed E-state index contributed by atoms with van der Waals surface area (Å²) in [5.74, 6) is 0.781. The predicted molar refractivity (Wildman–Crippen MR) is 153 cm³/mol. The van der Waals surface area contributed by atoms with E-state index in [0.717, 1.165) is 16.7 Å². The highest BCUT2D eigenvalue weighted by Crippen LogP contribution is 2.34. The van der Waals surface area contributed by atoms with E-state index >= 15 is 0 Å². The van der Waals surface area contributed by atoms with Crippen LogP contribution in [0.25, 0.3) is 11.0 Å². The Kier molecular flexibility index (Phi) is 8.76. The lowest BCUT2D eigenvalue weighted by atomic mass is 10.1. The molecular formula is C28H35N5O7S. The number of alkyl carbamates (subject to hydrolysis) is 1. The van der Waals surface area contributed by atoms with E-state index in [1.165, 1.54) is 7.11 Å². The molecule has 2 aromatic heterocycles. The number of methoxy groups -OCH3 is 1. The van der Waals surface area contributed by atoms with Gasteiger partial charge >= 0.3 is 6.09 Å². The minimum atomic E-state index is -4.04. The second-order valence-electron chi connectivity index (χ2n) is 10.3. The van der Waals surface area contributed by atoms with Crippen molar-refractivity contribution < 1.29 is 31.9 Å². The fraction of sp³-hybridized carbons (Fsp3) is 0.393. The number of nitrogens with one attached hydrogen (secondary N) is 2. The summed E-state index contributed by atoms with van der Waals surface area (Å²) < 4.78 is 52.8. The number of ether oxygens (including phenoxy) is 3. The molecule has 4 aromatic rings. The fourth-order valence-electron chi connectivity index (χ4n) is 4.07. The van der Waals surface area contributed by atoms with Crippen LogP contribution in [0.2, 0.25) is 0 Å². The maximum Gasteiger partial charge on any atom is 0.407 e. The molecule has 2 N–H and O–H groups in total. The Morgan fingerprint density at radius 1 is 1.10 bits per heavy atom. The third-order valence-electron chi connectivity index (χ3n) is 5.96. The number of benzene rings is 2. The molecule has 1 amide bonds. The number of hydrogen-bond donors (Lipinski definition) is 2. The minimum Gasteiger partial charge on any atom is -0.495 e. The van der Waals surface area contributed by atoms with Crippen LogP contribution in [-0.4, -0.2) is 48.8 Å². The second kappa shape index (κ2) is 12.1. The van der Waals surface area contributed by atoms with E-state index in [4.69, 9.17) is 18.7 Å². The van der Waals surface area contributed by atoms with E-state index in [1.807, 2.05) is 19.9 Å². The lowest BCUT2D eigenvalue weighted by Gasteiger charge is -2.19. The molecule has 0 radical (unpaired) electrons. The van der Waals surface area contributed by atoms with Crippen LogP contribution in [-0.2, 0) is 34.3 Å². The summed E-state index contributed by atoms with van der Waals surface area (Å²) in [6.45, 7) is 10.2. The van der Waals surface area contributed by atoms with Gasteiger partial charge in [-0.15, -0.1) is 0 Å². The maximum absolute atomic E-state index is 13.3. The van der Waals surface area contributed by atoms with Crippen LogP contribution in [0.5, 0.6) is 11.5 Å². The van der Waals surface area contributed by atoms with Gasteiger partial charge in [0.2, 0.25) is 0 Å². The predicted octanol–water partition coefficient (Wildman–Crippen LogP) is 4.87. The van der Waals surface area contributed by atoms with E-state index in [1.54, 1.807) is 62.1 Å². The summed E-state index contributed by atoms with van der Waals surface area (Å²) in [5, 5.41) is 11.5. The monoisotopic (exact) mass is 585 g/mol. The van der Waals surface area contributed by atoms with Crippen LogP contribution in [0.4, 0.5) is 10.6 Å². The highest BCUT2D eigenvalue weighted by molar-refractivity contribution is 7.92. The Hall–Kier alpha value is -4.26. The van der Waals surface area contributed by atoms with Crippen molar-refractivity contribution in [3.8, 4) is 11.5 Å². The quantitative estimate of drug-likeness (QED) is 0.252. The number of nitrogens with zero attached hydrogens (tertiary/aromatic N) is 3. The zero-order chi connectivity index (χ0) is 29.8. The van der Waals surface area contributed by atoms with E-state index in [2.05, 4.69) is 20.3 Å². The minimum absolute atomic E-state index is 0.00722. The van der Waals surface area contributed by atoms with Crippen molar-refractivity contribution in [2.24, 2.45) is 0 Å². The smallest absolute Gasteiger partial charge is 0.407 e. The number of amides is 1. The molecule has 0 atom stereocenters. The maximum atomic E-state index is 13.3. The molecule has 4 rings (SSSR count). The third-order valence-corrected chi connectivity index (χ3v) is 7.32. The van der Waals surface area contributed by atoms with Crippen molar-refractivity contribution in [3.63, 3.8) is 0 Å². The summed E-state index contributed by atoms with van der Waals surface area (Å²) in [7, 11) is -2.63. The highest BCUT2D eigenvalue weighted by Gasteiger charge is 2.24. The van der Waals surface area contributed by atoms with Gasteiger partial charge in [-0.25, -0.2) is 13.2 Å². The molecule has 0 saturated heterocycles. The van der Waals surface area contributed by atoms with Crippen molar-refractivity contribution in [2.45, 2.75) is 64.6 Å². The average molecular weight is 586 g/mol.